The molecule has 0 unspecified atom stereocenters. The smallest absolute Gasteiger partial charge is 0.254 e. The molecule has 0 saturated carbocycles. The summed E-state index contributed by atoms with van der Waals surface area (Å²) in [6, 6.07) is 3.19. The number of aromatic nitrogens is 3. The summed E-state index contributed by atoms with van der Waals surface area (Å²) in [6.45, 7) is 1.04. The molecule has 3 heterocycles. The lowest BCUT2D eigenvalue weighted by atomic mass is 10.2. The van der Waals surface area contributed by atoms with Gasteiger partial charge in [0.25, 0.3) is 5.91 Å². The topological polar surface area (TPSA) is 80.2 Å². The molecule has 2 aromatic heterocycles. The number of rotatable bonds is 5. The van der Waals surface area contributed by atoms with Gasteiger partial charge in [-0.25, -0.2) is 14.4 Å². The molecule has 1 fully saturated rings. The number of halogens is 1. The predicted octanol–water partition coefficient (Wildman–Crippen LogP) is 1.03. The molecule has 0 aromatic carbocycles. The Labute approximate surface area is 138 Å². The van der Waals surface area contributed by atoms with E-state index in [-0.39, 0.29) is 17.7 Å². The molecule has 24 heavy (non-hydrogen) atoms. The first-order chi connectivity index (χ1) is 11.7. The molecule has 0 spiro atoms. The molecule has 1 saturated heterocycles. The lowest BCUT2D eigenvalue weighted by Crippen LogP contribution is -2.40. The molecular weight excluding hydrogens is 313 g/mol. The van der Waals surface area contributed by atoms with Gasteiger partial charge in [0.15, 0.2) is 5.82 Å². The second-order valence-corrected chi connectivity index (χ2v) is 5.53. The highest BCUT2D eigenvalue weighted by molar-refractivity contribution is 5.94. The Kier molecular flexibility index (Phi) is 4.95. The van der Waals surface area contributed by atoms with Crippen molar-refractivity contribution >= 4 is 11.7 Å². The average Bonchev–Trinajstić information content (AvgIpc) is 3.04. The summed E-state index contributed by atoms with van der Waals surface area (Å²) in [5.74, 6) is -0.318. The molecule has 7 nitrogen and oxygen atoms in total. The molecule has 126 valence electrons. The lowest BCUT2D eigenvalue weighted by Gasteiger charge is -2.25. The van der Waals surface area contributed by atoms with Gasteiger partial charge in [-0.1, -0.05) is 0 Å². The zero-order valence-corrected chi connectivity index (χ0v) is 13.2. The minimum absolute atomic E-state index is 0.0127. The van der Waals surface area contributed by atoms with Gasteiger partial charge in [0, 0.05) is 32.6 Å². The summed E-state index contributed by atoms with van der Waals surface area (Å²) in [4.78, 5) is 26.0. The molecule has 2 atom stereocenters. The second-order valence-electron chi connectivity index (χ2n) is 5.53. The van der Waals surface area contributed by atoms with E-state index in [0.29, 0.717) is 13.1 Å². The van der Waals surface area contributed by atoms with Crippen molar-refractivity contribution in [3.05, 3.63) is 48.4 Å². The summed E-state index contributed by atoms with van der Waals surface area (Å²) in [6.07, 6.45) is 6.38. The maximum absolute atomic E-state index is 13.6. The van der Waals surface area contributed by atoms with Gasteiger partial charge in [0.05, 0.1) is 23.9 Å². The van der Waals surface area contributed by atoms with Crippen LogP contribution in [0.15, 0.2) is 37.1 Å². The molecule has 8 heteroatoms. The zero-order chi connectivity index (χ0) is 16.9. The van der Waals surface area contributed by atoms with Crippen LogP contribution < -0.4 is 10.2 Å². The van der Waals surface area contributed by atoms with Crippen LogP contribution in [0.1, 0.15) is 16.8 Å². The number of nitrogens with zero attached hydrogens (tertiary/aromatic N) is 4. The van der Waals surface area contributed by atoms with Gasteiger partial charge in [0.1, 0.15) is 12.1 Å². The number of hydrogen-bond donors (Lipinski definition) is 1. The summed E-state index contributed by atoms with van der Waals surface area (Å²) >= 11 is 0. The third-order valence-corrected chi connectivity index (χ3v) is 4.09. The van der Waals surface area contributed by atoms with E-state index in [2.05, 4.69) is 25.2 Å². The molecule has 2 aromatic rings. The van der Waals surface area contributed by atoms with Gasteiger partial charge in [-0.05, 0) is 18.6 Å². The van der Waals surface area contributed by atoms with Crippen LogP contribution >= 0.6 is 0 Å². The highest BCUT2D eigenvalue weighted by Crippen LogP contribution is 2.24. The van der Waals surface area contributed by atoms with Crippen molar-refractivity contribution in [2.75, 3.05) is 25.1 Å². The fourth-order valence-corrected chi connectivity index (χ4v) is 2.84. The Balaban J connectivity index is 1.68. The highest BCUT2D eigenvalue weighted by atomic mass is 19.1. The van der Waals surface area contributed by atoms with Gasteiger partial charge in [-0.2, -0.15) is 0 Å². The number of methoxy groups -OCH3 is 1. The van der Waals surface area contributed by atoms with E-state index in [1.54, 1.807) is 13.3 Å². The van der Waals surface area contributed by atoms with E-state index in [9.17, 15) is 9.18 Å². The van der Waals surface area contributed by atoms with E-state index in [4.69, 9.17) is 4.74 Å². The van der Waals surface area contributed by atoms with Crippen LogP contribution in [0.2, 0.25) is 0 Å². The summed E-state index contributed by atoms with van der Waals surface area (Å²) in [5, 5.41) is 2.78. The monoisotopic (exact) mass is 331 g/mol. The maximum Gasteiger partial charge on any atom is 0.254 e. The predicted molar refractivity (Wildman–Crippen MR) is 85.1 cm³/mol. The fraction of sp³-hybridized carbons (Fsp3) is 0.375. The number of nitrogens with one attached hydrogen (secondary N) is 1. The number of pyridine rings is 1. The largest absolute Gasteiger partial charge is 0.380 e. The van der Waals surface area contributed by atoms with Gasteiger partial charge in [-0.3, -0.25) is 9.78 Å². The third-order valence-electron chi connectivity index (χ3n) is 4.09. The van der Waals surface area contributed by atoms with E-state index in [1.807, 2.05) is 6.07 Å². The van der Waals surface area contributed by atoms with E-state index in [1.165, 1.54) is 18.6 Å². The fourth-order valence-electron chi connectivity index (χ4n) is 2.84. The Hall–Kier alpha value is -2.61. The number of hydrogen-bond acceptors (Lipinski definition) is 6. The molecule has 0 aliphatic carbocycles. The van der Waals surface area contributed by atoms with Crippen molar-refractivity contribution in [2.45, 2.75) is 18.6 Å². The van der Waals surface area contributed by atoms with Gasteiger partial charge in [0.2, 0.25) is 0 Å². The first-order valence-corrected chi connectivity index (χ1v) is 7.62. The van der Waals surface area contributed by atoms with Crippen LogP contribution in [0.3, 0.4) is 0 Å². The normalized spacial score (nSPS) is 20.2. The Morgan fingerprint density at radius 2 is 2.25 bits per heavy atom. The minimum Gasteiger partial charge on any atom is -0.380 e. The van der Waals surface area contributed by atoms with Gasteiger partial charge >= 0.3 is 0 Å². The molecule has 0 bridgehead atoms. The van der Waals surface area contributed by atoms with Crippen LogP contribution in [0, 0.1) is 5.82 Å². The lowest BCUT2D eigenvalue weighted by molar-refractivity contribution is 0.0942. The van der Waals surface area contributed by atoms with Crippen LogP contribution in [0.4, 0.5) is 10.2 Å². The number of carbonyl (C=O) groups excluding carboxylic acids is 1. The molecule has 1 aliphatic heterocycles. The number of ether oxygens (including phenoxy) is 1. The quantitative estimate of drug-likeness (QED) is 0.882. The SMILES string of the molecule is CO[C@@H]1C[C@H](CNC(=O)c2ccncc2F)N(c2ccncn2)C1. The van der Waals surface area contributed by atoms with E-state index < -0.39 is 11.7 Å². The number of carbonyl (C=O) groups is 1. The van der Waals surface area contributed by atoms with E-state index >= 15 is 0 Å². The molecule has 1 amide bonds. The Morgan fingerprint density at radius 3 is 2.96 bits per heavy atom. The van der Waals surface area contributed by atoms with Crippen molar-refractivity contribution < 1.29 is 13.9 Å². The first kappa shape index (κ1) is 16.3. The van der Waals surface area contributed by atoms with Gasteiger partial charge < -0.3 is 15.0 Å². The Morgan fingerprint density at radius 1 is 1.42 bits per heavy atom. The molecule has 0 radical (unpaired) electrons. The van der Waals surface area contributed by atoms with Crippen LogP contribution in [-0.2, 0) is 4.74 Å². The molecule has 1 aliphatic rings. The van der Waals surface area contributed by atoms with Crippen LogP contribution in [-0.4, -0.2) is 53.2 Å². The molecule has 1 N–H and O–H groups in total. The maximum atomic E-state index is 13.6. The van der Waals surface area contributed by atoms with Crippen molar-refractivity contribution in [3.8, 4) is 0 Å². The third kappa shape index (κ3) is 3.48. The molecule has 3 rings (SSSR count). The number of amides is 1. The first-order valence-electron chi connectivity index (χ1n) is 7.62. The standard InChI is InChI=1S/C16H18FN5O2/c1-24-12-6-11(22(9-12)15-3-5-19-10-21-15)7-20-16(23)13-2-4-18-8-14(13)17/h2-5,8,10-12H,6-7,9H2,1H3,(H,20,23)/t11-,12-/m1/s1. The Bertz CT molecular complexity index is 700. The van der Waals surface area contributed by atoms with Crippen molar-refractivity contribution in [1.82, 2.24) is 20.3 Å². The van der Waals surface area contributed by atoms with Crippen LogP contribution in [0.25, 0.3) is 0 Å². The summed E-state index contributed by atoms with van der Waals surface area (Å²) < 4.78 is 19.1. The zero-order valence-electron chi connectivity index (χ0n) is 13.2. The average molecular weight is 331 g/mol. The second kappa shape index (κ2) is 7.31. The highest BCUT2D eigenvalue weighted by Gasteiger charge is 2.33. The van der Waals surface area contributed by atoms with Crippen molar-refractivity contribution in [2.24, 2.45) is 0 Å². The number of anilines is 1. The van der Waals surface area contributed by atoms with Crippen molar-refractivity contribution in [1.29, 1.82) is 0 Å². The minimum atomic E-state index is -0.635. The van der Waals surface area contributed by atoms with Crippen LogP contribution in [0.5, 0.6) is 0 Å². The summed E-state index contributed by atoms with van der Waals surface area (Å²) in [7, 11) is 1.66. The summed E-state index contributed by atoms with van der Waals surface area (Å²) in [5.41, 5.74) is -0.0140. The van der Waals surface area contributed by atoms with Crippen molar-refractivity contribution in [3.63, 3.8) is 0 Å². The molecular formula is C16H18FN5O2. The van der Waals surface area contributed by atoms with E-state index in [0.717, 1.165) is 18.4 Å². The van der Waals surface area contributed by atoms with Gasteiger partial charge in [-0.15, -0.1) is 0 Å².